The van der Waals surface area contributed by atoms with Gasteiger partial charge in [0.2, 0.25) is 5.90 Å². The van der Waals surface area contributed by atoms with E-state index in [-0.39, 0.29) is 5.54 Å². The fourth-order valence-corrected chi connectivity index (χ4v) is 3.08. The molecule has 0 radical (unpaired) electrons. The minimum atomic E-state index is -0.127. The van der Waals surface area contributed by atoms with E-state index >= 15 is 0 Å². The van der Waals surface area contributed by atoms with E-state index in [4.69, 9.17) is 14.0 Å². The third-order valence-corrected chi connectivity index (χ3v) is 4.58. The van der Waals surface area contributed by atoms with Crippen LogP contribution < -0.4 is 4.74 Å². The van der Waals surface area contributed by atoms with Gasteiger partial charge in [-0.1, -0.05) is 24.4 Å². The van der Waals surface area contributed by atoms with Crippen molar-refractivity contribution in [1.82, 2.24) is 5.16 Å². The summed E-state index contributed by atoms with van der Waals surface area (Å²) in [6.45, 7) is 7.50. The predicted octanol–water partition coefficient (Wildman–Crippen LogP) is 5.11. The minimum Gasteiger partial charge on any atom is -0.494 e. The Morgan fingerprint density at radius 3 is 2.44 bits per heavy atom. The highest BCUT2D eigenvalue weighted by Gasteiger charge is 2.26. The second-order valence-electron chi connectivity index (χ2n) is 7.84. The molecule has 0 aliphatic carbocycles. The smallest absolute Gasteiger partial charge is 0.216 e. The number of aromatic nitrogens is 1. The van der Waals surface area contributed by atoms with Gasteiger partial charge in [0.15, 0.2) is 0 Å². The molecule has 146 valence electrons. The molecule has 27 heavy (non-hydrogen) atoms. The molecule has 5 heteroatoms. The van der Waals surface area contributed by atoms with Gasteiger partial charge in [0.1, 0.15) is 18.1 Å². The fraction of sp³-hybridized carbons (Fsp3) is 0.545. The Hall–Kier alpha value is -2.30. The maximum atomic E-state index is 5.84. The van der Waals surface area contributed by atoms with E-state index in [0.29, 0.717) is 6.61 Å². The number of ether oxygens (including phenoxy) is 2. The number of benzene rings is 1. The summed E-state index contributed by atoms with van der Waals surface area (Å²) in [5.74, 6) is 2.63. The van der Waals surface area contributed by atoms with Gasteiger partial charge in [0.25, 0.3) is 0 Å². The van der Waals surface area contributed by atoms with Gasteiger partial charge in [-0.3, -0.25) is 0 Å². The predicted molar refractivity (Wildman–Crippen MR) is 107 cm³/mol. The number of hydrogen-bond donors (Lipinski definition) is 0. The molecular weight excluding hydrogens is 340 g/mol. The van der Waals surface area contributed by atoms with Crippen molar-refractivity contribution in [3.05, 3.63) is 47.3 Å². The quantitative estimate of drug-likeness (QED) is 0.545. The number of hydrogen-bond acceptors (Lipinski definition) is 5. The van der Waals surface area contributed by atoms with E-state index in [1.807, 2.05) is 37.3 Å². The molecule has 0 unspecified atom stereocenters. The van der Waals surface area contributed by atoms with Crippen LogP contribution in [-0.2, 0) is 11.2 Å². The van der Waals surface area contributed by atoms with Crippen LogP contribution in [0.15, 0.2) is 39.8 Å². The lowest BCUT2D eigenvalue weighted by atomic mass is 10.1. The number of aryl methyl sites for hydroxylation is 2. The second kappa shape index (κ2) is 9.07. The minimum absolute atomic E-state index is 0.127. The highest BCUT2D eigenvalue weighted by Crippen LogP contribution is 2.22. The second-order valence-corrected chi connectivity index (χ2v) is 7.84. The van der Waals surface area contributed by atoms with E-state index in [0.717, 1.165) is 54.5 Å². The Morgan fingerprint density at radius 1 is 1.04 bits per heavy atom. The van der Waals surface area contributed by atoms with Crippen molar-refractivity contribution in [3.63, 3.8) is 0 Å². The normalized spacial score (nSPS) is 15.4. The summed E-state index contributed by atoms with van der Waals surface area (Å²) in [6, 6.07) is 10.0. The average Bonchev–Trinajstić information content (AvgIpc) is 3.22. The van der Waals surface area contributed by atoms with Crippen LogP contribution in [0.25, 0.3) is 0 Å². The average molecular weight is 370 g/mol. The number of unbranched alkanes of at least 4 members (excludes halogenated alkanes) is 4. The maximum Gasteiger partial charge on any atom is 0.216 e. The van der Waals surface area contributed by atoms with Gasteiger partial charge in [-0.15, -0.1) is 0 Å². The number of nitrogens with zero attached hydrogens (tertiary/aromatic N) is 2. The Morgan fingerprint density at radius 2 is 1.78 bits per heavy atom. The standard InChI is InChI=1S/C22H30N2O3/c1-17-15-20(27-24-17)9-7-5-4-6-8-14-25-19-12-10-18(11-13-19)21-23-22(2,3)16-26-21/h10-13,15H,4-9,14,16H2,1-3H3. The molecule has 0 saturated heterocycles. The molecule has 1 aromatic heterocycles. The van der Waals surface area contributed by atoms with Crippen molar-refractivity contribution in [1.29, 1.82) is 0 Å². The summed E-state index contributed by atoms with van der Waals surface area (Å²) < 4.78 is 16.7. The highest BCUT2D eigenvalue weighted by molar-refractivity contribution is 5.95. The Bertz CT molecular complexity index is 747. The first-order valence-electron chi connectivity index (χ1n) is 9.90. The van der Waals surface area contributed by atoms with Crippen LogP contribution in [0.4, 0.5) is 0 Å². The zero-order chi connectivity index (χ0) is 19.1. The lowest BCUT2D eigenvalue weighted by Gasteiger charge is -2.07. The Kier molecular flexibility index (Phi) is 6.54. The van der Waals surface area contributed by atoms with Crippen molar-refractivity contribution in [2.45, 2.75) is 64.8 Å². The van der Waals surface area contributed by atoms with Gasteiger partial charge < -0.3 is 14.0 Å². The summed E-state index contributed by atoms with van der Waals surface area (Å²) in [5, 5.41) is 3.91. The van der Waals surface area contributed by atoms with Crippen LogP contribution in [0.3, 0.4) is 0 Å². The molecule has 2 aromatic rings. The monoisotopic (exact) mass is 370 g/mol. The fourth-order valence-electron chi connectivity index (χ4n) is 3.08. The summed E-state index contributed by atoms with van der Waals surface area (Å²) in [4.78, 5) is 4.60. The lowest BCUT2D eigenvalue weighted by molar-refractivity contribution is 0.279. The molecule has 3 rings (SSSR count). The molecular formula is C22H30N2O3. The van der Waals surface area contributed by atoms with Gasteiger partial charge >= 0.3 is 0 Å². The summed E-state index contributed by atoms with van der Waals surface area (Å²) in [5.41, 5.74) is 1.84. The van der Waals surface area contributed by atoms with Crippen molar-refractivity contribution in [2.24, 2.45) is 4.99 Å². The van der Waals surface area contributed by atoms with Crippen molar-refractivity contribution >= 4 is 5.90 Å². The van der Waals surface area contributed by atoms with Gasteiger partial charge in [-0.25, -0.2) is 4.99 Å². The van der Waals surface area contributed by atoms with Gasteiger partial charge in [-0.05, 0) is 57.9 Å². The first-order valence-corrected chi connectivity index (χ1v) is 9.90. The summed E-state index contributed by atoms with van der Waals surface area (Å²) in [7, 11) is 0. The zero-order valence-electron chi connectivity index (χ0n) is 16.7. The Labute approximate surface area is 161 Å². The van der Waals surface area contributed by atoms with Crippen LogP contribution >= 0.6 is 0 Å². The van der Waals surface area contributed by atoms with Gasteiger partial charge in [0.05, 0.1) is 17.8 Å². The van der Waals surface area contributed by atoms with Crippen molar-refractivity contribution < 1.29 is 14.0 Å². The van der Waals surface area contributed by atoms with E-state index in [9.17, 15) is 0 Å². The third-order valence-electron chi connectivity index (χ3n) is 4.58. The molecule has 0 fully saturated rings. The van der Waals surface area contributed by atoms with E-state index in [2.05, 4.69) is 24.0 Å². The maximum absolute atomic E-state index is 5.84. The molecule has 0 amide bonds. The van der Waals surface area contributed by atoms with Gasteiger partial charge in [0, 0.05) is 18.1 Å². The van der Waals surface area contributed by atoms with Crippen LogP contribution in [0.2, 0.25) is 0 Å². The largest absolute Gasteiger partial charge is 0.494 e. The summed E-state index contributed by atoms with van der Waals surface area (Å²) in [6.07, 6.45) is 6.84. The number of aliphatic imine (C=N–C) groups is 1. The molecule has 0 bridgehead atoms. The third kappa shape index (κ3) is 6.12. The molecule has 0 atom stereocenters. The molecule has 1 aliphatic heterocycles. The van der Waals surface area contributed by atoms with Crippen LogP contribution in [0.1, 0.15) is 63.0 Å². The molecule has 1 aliphatic rings. The topological polar surface area (TPSA) is 56.9 Å². The molecule has 0 N–H and O–H groups in total. The zero-order valence-corrected chi connectivity index (χ0v) is 16.7. The molecule has 5 nitrogen and oxygen atoms in total. The molecule has 1 aromatic carbocycles. The van der Waals surface area contributed by atoms with E-state index in [1.165, 1.54) is 19.3 Å². The first kappa shape index (κ1) is 19.5. The molecule has 0 spiro atoms. The van der Waals surface area contributed by atoms with Crippen molar-refractivity contribution in [2.75, 3.05) is 13.2 Å². The van der Waals surface area contributed by atoms with Crippen LogP contribution in [-0.4, -0.2) is 29.8 Å². The first-order chi connectivity index (χ1) is 13.0. The molecule has 2 heterocycles. The van der Waals surface area contributed by atoms with Gasteiger partial charge in [-0.2, -0.15) is 0 Å². The van der Waals surface area contributed by atoms with Crippen molar-refractivity contribution in [3.8, 4) is 5.75 Å². The van der Waals surface area contributed by atoms with Crippen LogP contribution in [0.5, 0.6) is 5.75 Å². The van der Waals surface area contributed by atoms with E-state index in [1.54, 1.807) is 0 Å². The number of rotatable bonds is 10. The highest BCUT2D eigenvalue weighted by atomic mass is 16.5. The SMILES string of the molecule is Cc1cc(CCCCCCCOc2ccc(C3=NC(C)(C)CO3)cc2)on1. The van der Waals surface area contributed by atoms with Crippen LogP contribution in [0, 0.1) is 6.92 Å². The summed E-state index contributed by atoms with van der Waals surface area (Å²) >= 11 is 0. The Balaban J connectivity index is 1.27. The molecule has 0 saturated carbocycles. The lowest BCUT2D eigenvalue weighted by Crippen LogP contribution is -2.17. The van der Waals surface area contributed by atoms with E-state index < -0.39 is 0 Å².